The van der Waals surface area contributed by atoms with Gasteiger partial charge in [0.25, 0.3) is 0 Å². The molecule has 2 N–H and O–H groups in total. The number of aliphatic hydroxyl groups is 2. The lowest BCUT2D eigenvalue weighted by Gasteiger charge is -2.55. The van der Waals surface area contributed by atoms with Gasteiger partial charge in [0.2, 0.25) is 0 Å². The smallest absolute Gasteiger partial charge is 0.302 e. The molecule has 7 atom stereocenters. The fraction of sp³-hybridized carbons (Fsp3) is 0.682. The van der Waals surface area contributed by atoms with Crippen LogP contribution < -0.4 is 0 Å². The van der Waals surface area contributed by atoms with Crippen LogP contribution in [0.3, 0.4) is 0 Å². The van der Waals surface area contributed by atoms with Crippen molar-refractivity contribution in [2.45, 2.75) is 71.2 Å². The van der Waals surface area contributed by atoms with Gasteiger partial charge in [-0.2, -0.15) is 0 Å². The number of ketones is 2. The molecule has 0 radical (unpaired) electrons. The zero-order chi connectivity index (χ0) is 20.8. The van der Waals surface area contributed by atoms with Crippen molar-refractivity contribution in [2.24, 2.45) is 22.7 Å². The molecule has 6 heteroatoms. The van der Waals surface area contributed by atoms with Crippen LogP contribution in [0, 0.1) is 22.7 Å². The topological polar surface area (TPSA) is 101 Å². The zero-order valence-corrected chi connectivity index (χ0v) is 16.9. The van der Waals surface area contributed by atoms with E-state index in [1.54, 1.807) is 6.92 Å². The Balaban J connectivity index is 1.90. The Labute approximate surface area is 164 Å². The van der Waals surface area contributed by atoms with E-state index in [0.29, 0.717) is 36.0 Å². The Morgan fingerprint density at radius 3 is 2.39 bits per heavy atom. The van der Waals surface area contributed by atoms with E-state index in [1.165, 1.54) is 6.92 Å². The number of ether oxygens (including phenoxy) is 1. The average molecular weight is 388 g/mol. The molecule has 0 heterocycles. The number of hydrogen-bond acceptors (Lipinski definition) is 6. The maximum Gasteiger partial charge on any atom is 0.302 e. The number of Topliss-reactive ketones (excluding diaryl/α,β-unsaturated/α-hetero) is 2. The molecule has 4 aliphatic carbocycles. The highest BCUT2D eigenvalue weighted by Gasteiger charge is 2.70. The van der Waals surface area contributed by atoms with Crippen LogP contribution in [0.1, 0.15) is 53.4 Å². The third-order valence-corrected chi connectivity index (χ3v) is 7.89. The van der Waals surface area contributed by atoms with Crippen molar-refractivity contribution in [1.29, 1.82) is 0 Å². The molecule has 0 unspecified atom stereocenters. The highest BCUT2D eigenvalue weighted by molar-refractivity contribution is 6.19. The highest BCUT2D eigenvalue weighted by Crippen LogP contribution is 2.65. The van der Waals surface area contributed by atoms with Crippen LogP contribution in [0.15, 0.2) is 23.3 Å². The van der Waals surface area contributed by atoms with Crippen LogP contribution in [-0.2, 0) is 19.1 Å². The first-order valence-electron chi connectivity index (χ1n) is 9.97. The summed E-state index contributed by atoms with van der Waals surface area (Å²) in [6.45, 7) is 10.8. The summed E-state index contributed by atoms with van der Waals surface area (Å²) >= 11 is 0. The van der Waals surface area contributed by atoms with Crippen molar-refractivity contribution in [3.05, 3.63) is 23.3 Å². The fourth-order valence-corrected chi connectivity index (χ4v) is 6.10. The first-order chi connectivity index (χ1) is 12.9. The van der Waals surface area contributed by atoms with Crippen LogP contribution >= 0.6 is 0 Å². The van der Waals surface area contributed by atoms with Crippen molar-refractivity contribution in [3.63, 3.8) is 0 Å². The molecule has 2 fully saturated rings. The second-order valence-electron chi connectivity index (χ2n) is 9.64. The number of rotatable bonds is 1. The summed E-state index contributed by atoms with van der Waals surface area (Å²) in [5.41, 5.74) is -1.71. The summed E-state index contributed by atoms with van der Waals surface area (Å²) in [5, 5.41) is 21.6. The van der Waals surface area contributed by atoms with Gasteiger partial charge in [0.05, 0.1) is 11.0 Å². The molecular formula is C22H28O6. The van der Waals surface area contributed by atoms with E-state index >= 15 is 0 Å². The van der Waals surface area contributed by atoms with Gasteiger partial charge in [0, 0.05) is 35.8 Å². The number of esters is 1. The molecule has 0 amide bonds. The number of hydrogen-bond donors (Lipinski definition) is 2. The van der Waals surface area contributed by atoms with Crippen molar-refractivity contribution in [3.8, 4) is 0 Å². The largest absolute Gasteiger partial charge is 0.462 e. The van der Waals surface area contributed by atoms with Gasteiger partial charge in [-0.3, -0.25) is 14.4 Å². The summed E-state index contributed by atoms with van der Waals surface area (Å²) in [6.07, 6.45) is -0.563. The van der Waals surface area contributed by atoms with E-state index in [2.05, 4.69) is 6.58 Å². The fourth-order valence-electron chi connectivity index (χ4n) is 6.10. The summed E-state index contributed by atoms with van der Waals surface area (Å²) in [4.78, 5) is 38.5. The molecule has 0 aromatic heterocycles. The van der Waals surface area contributed by atoms with Gasteiger partial charge in [-0.15, -0.1) is 0 Å². The summed E-state index contributed by atoms with van der Waals surface area (Å²) < 4.78 is 5.59. The average Bonchev–Trinajstić information content (AvgIpc) is 3.27. The van der Waals surface area contributed by atoms with Crippen molar-refractivity contribution in [2.75, 3.05) is 0 Å². The van der Waals surface area contributed by atoms with Gasteiger partial charge in [-0.1, -0.05) is 20.4 Å². The van der Waals surface area contributed by atoms with Crippen LogP contribution in [0.4, 0.5) is 0 Å². The summed E-state index contributed by atoms with van der Waals surface area (Å²) in [6, 6.07) is 0. The van der Waals surface area contributed by atoms with Crippen molar-refractivity contribution < 1.29 is 29.3 Å². The molecule has 6 nitrogen and oxygen atoms in total. The van der Waals surface area contributed by atoms with Gasteiger partial charge in [-0.25, -0.2) is 0 Å². The van der Waals surface area contributed by atoms with E-state index in [0.717, 1.165) is 0 Å². The van der Waals surface area contributed by atoms with Crippen LogP contribution in [0.25, 0.3) is 0 Å². The lowest BCUT2D eigenvalue weighted by molar-refractivity contribution is -0.156. The van der Waals surface area contributed by atoms with E-state index in [4.69, 9.17) is 4.74 Å². The maximum absolute atomic E-state index is 13.4. The van der Waals surface area contributed by atoms with Gasteiger partial charge in [-0.05, 0) is 37.7 Å². The minimum atomic E-state index is -1.33. The van der Waals surface area contributed by atoms with Crippen LogP contribution in [0.2, 0.25) is 0 Å². The zero-order valence-electron chi connectivity index (χ0n) is 16.9. The van der Waals surface area contributed by atoms with Gasteiger partial charge < -0.3 is 14.9 Å². The SMILES string of the molecule is C=C1[C@@H]2[C@H](OC(C)=O)CC3=C(C(=O)[C@H](O)[C@@]4(C[C@@H]4C)C3=O)[C@@]2(C)CC[C@@]1(C)O. The normalized spacial score (nSPS) is 47.7. The van der Waals surface area contributed by atoms with Gasteiger partial charge in [0.1, 0.15) is 12.2 Å². The minimum absolute atomic E-state index is 0.0484. The molecule has 4 rings (SSSR count). The first kappa shape index (κ1) is 19.5. The van der Waals surface area contributed by atoms with Crippen molar-refractivity contribution in [1.82, 2.24) is 0 Å². The highest BCUT2D eigenvalue weighted by atomic mass is 16.5. The number of carbonyl (C=O) groups is 3. The van der Waals surface area contributed by atoms with Crippen molar-refractivity contribution >= 4 is 17.5 Å². The van der Waals surface area contributed by atoms with Crippen LogP contribution in [0.5, 0.6) is 0 Å². The van der Waals surface area contributed by atoms with Crippen LogP contribution in [-0.4, -0.2) is 45.6 Å². The second kappa shape index (κ2) is 5.63. The Kier molecular flexibility index (Phi) is 3.93. The number of carbonyl (C=O) groups excluding carboxylic acids is 3. The quantitative estimate of drug-likeness (QED) is 0.525. The molecular weight excluding hydrogens is 360 g/mol. The molecule has 4 aliphatic rings. The lowest BCUT2D eigenvalue weighted by Crippen LogP contribution is -2.58. The molecule has 0 aromatic carbocycles. The maximum atomic E-state index is 13.4. The predicted octanol–water partition coefficient (Wildman–Crippen LogP) is 1.88. The molecule has 1 spiro atoms. The Bertz CT molecular complexity index is 851. The Morgan fingerprint density at radius 1 is 1.25 bits per heavy atom. The van der Waals surface area contributed by atoms with E-state index in [1.807, 2.05) is 13.8 Å². The molecule has 0 aromatic rings. The standard InChI is InChI=1S/C22H28O6/c1-10-9-22(10)18(25)13-8-14(28-12(3)23)15-11(2)21(5,27)7-6-20(15,4)16(13)17(24)19(22)26/h10,14-15,19,26-27H,2,6-9H2,1,3-5H3/t10-,14+,15+,19-,20-,21+,22+/m0/s1. The van der Waals surface area contributed by atoms with Gasteiger partial charge >= 0.3 is 5.97 Å². The summed E-state index contributed by atoms with van der Waals surface area (Å²) in [5.74, 6) is -1.58. The monoisotopic (exact) mass is 388 g/mol. The molecule has 0 aliphatic heterocycles. The molecule has 0 bridgehead atoms. The van der Waals surface area contributed by atoms with E-state index in [9.17, 15) is 24.6 Å². The lowest BCUT2D eigenvalue weighted by atomic mass is 9.50. The Morgan fingerprint density at radius 2 is 1.86 bits per heavy atom. The first-order valence-corrected chi connectivity index (χ1v) is 9.97. The van der Waals surface area contributed by atoms with Gasteiger partial charge in [0.15, 0.2) is 11.6 Å². The molecule has 28 heavy (non-hydrogen) atoms. The molecule has 2 saturated carbocycles. The Hall–Kier alpha value is -1.79. The second-order valence-corrected chi connectivity index (χ2v) is 9.64. The summed E-state index contributed by atoms with van der Waals surface area (Å²) in [7, 11) is 0. The minimum Gasteiger partial charge on any atom is -0.462 e. The third kappa shape index (κ3) is 2.25. The number of fused-ring (bicyclic) bond motifs is 2. The van der Waals surface area contributed by atoms with E-state index < -0.39 is 40.5 Å². The van der Waals surface area contributed by atoms with E-state index in [-0.39, 0.29) is 23.9 Å². The molecule has 152 valence electrons. The predicted molar refractivity (Wildman–Crippen MR) is 100 cm³/mol. The molecule has 0 saturated heterocycles. The third-order valence-electron chi connectivity index (χ3n) is 7.89. The number of aliphatic hydroxyl groups excluding tert-OH is 1.